The molecule has 0 saturated heterocycles. The summed E-state index contributed by atoms with van der Waals surface area (Å²) < 4.78 is 16.7. The van der Waals surface area contributed by atoms with Crippen LogP contribution in [0.25, 0.3) is 0 Å². The van der Waals surface area contributed by atoms with E-state index in [4.69, 9.17) is 14.2 Å². The average molecular weight is 861 g/mol. The van der Waals surface area contributed by atoms with Crippen molar-refractivity contribution in [2.75, 3.05) is 13.2 Å². The third-order valence-corrected chi connectivity index (χ3v) is 10.3. The maximum Gasteiger partial charge on any atom is 0.306 e. The van der Waals surface area contributed by atoms with Gasteiger partial charge in [0.05, 0.1) is 0 Å². The first-order chi connectivity index (χ1) is 30.5. The van der Waals surface area contributed by atoms with Crippen LogP contribution in [0.1, 0.15) is 220 Å². The first-order valence-electron chi connectivity index (χ1n) is 25.2. The summed E-state index contributed by atoms with van der Waals surface area (Å²) in [5.74, 6) is -0.972. The Labute approximate surface area is 381 Å². The second kappa shape index (κ2) is 50.0. The Morgan fingerprint density at radius 1 is 0.339 bits per heavy atom. The van der Waals surface area contributed by atoms with Crippen LogP contribution >= 0.6 is 0 Å². The largest absolute Gasteiger partial charge is 0.462 e. The molecule has 0 radical (unpaired) electrons. The van der Waals surface area contributed by atoms with Gasteiger partial charge >= 0.3 is 17.9 Å². The first-order valence-corrected chi connectivity index (χ1v) is 25.2. The maximum absolute atomic E-state index is 12.8. The summed E-state index contributed by atoms with van der Waals surface area (Å²) in [4.78, 5) is 37.9. The number of rotatable bonds is 44. The van der Waals surface area contributed by atoms with Crippen LogP contribution in [-0.2, 0) is 28.6 Å². The van der Waals surface area contributed by atoms with Crippen LogP contribution in [0.3, 0.4) is 0 Å². The SMILES string of the molecule is CC/C=C\C/C=C\C/C=C\C/C=C\CCCCCCC(=O)OCC(COC(=O)CCCCCCCCCCCCCC)OC(=O)CCCC/C=C\C/C=C\C/C=C\C/C=C\CC. The van der Waals surface area contributed by atoms with Crippen LogP contribution in [0.2, 0.25) is 0 Å². The van der Waals surface area contributed by atoms with Crippen LogP contribution in [0, 0.1) is 0 Å². The number of hydrogen-bond acceptors (Lipinski definition) is 6. The second-order valence-corrected chi connectivity index (χ2v) is 16.3. The monoisotopic (exact) mass is 861 g/mol. The van der Waals surface area contributed by atoms with Crippen LogP contribution in [0.4, 0.5) is 0 Å². The lowest BCUT2D eigenvalue weighted by Gasteiger charge is -2.18. The predicted molar refractivity (Wildman–Crippen MR) is 265 cm³/mol. The fourth-order valence-corrected chi connectivity index (χ4v) is 6.60. The van der Waals surface area contributed by atoms with E-state index in [9.17, 15) is 14.4 Å². The van der Waals surface area contributed by atoms with Gasteiger partial charge in [-0.05, 0) is 96.3 Å². The highest BCUT2D eigenvalue weighted by Gasteiger charge is 2.19. The van der Waals surface area contributed by atoms with E-state index in [-0.39, 0.29) is 37.5 Å². The Morgan fingerprint density at radius 2 is 0.629 bits per heavy atom. The van der Waals surface area contributed by atoms with Gasteiger partial charge in [0.25, 0.3) is 0 Å². The molecule has 0 aromatic heterocycles. The van der Waals surface area contributed by atoms with E-state index in [2.05, 4.69) is 118 Å². The second-order valence-electron chi connectivity index (χ2n) is 16.3. The summed E-state index contributed by atoms with van der Waals surface area (Å²) in [6.45, 7) is 6.34. The molecule has 1 atom stereocenters. The van der Waals surface area contributed by atoms with Crippen LogP contribution in [0.15, 0.2) is 97.2 Å². The molecule has 0 heterocycles. The van der Waals surface area contributed by atoms with Crippen LogP contribution in [-0.4, -0.2) is 37.2 Å². The van der Waals surface area contributed by atoms with Gasteiger partial charge in [0.2, 0.25) is 0 Å². The van der Waals surface area contributed by atoms with Crippen molar-refractivity contribution in [2.24, 2.45) is 0 Å². The Bertz CT molecular complexity index is 1260. The summed E-state index contributed by atoms with van der Waals surface area (Å²) in [5.41, 5.74) is 0. The quantitative estimate of drug-likeness (QED) is 0.0263. The lowest BCUT2D eigenvalue weighted by molar-refractivity contribution is -0.167. The molecule has 0 aliphatic rings. The molecular weight excluding hydrogens is 769 g/mol. The lowest BCUT2D eigenvalue weighted by Crippen LogP contribution is -2.30. The van der Waals surface area contributed by atoms with Crippen molar-refractivity contribution < 1.29 is 28.6 Å². The molecule has 0 amide bonds. The Balaban J connectivity index is 4.50. The fraction of sp³-hybridized carbons (Fsp3) is 0.661. The average Bonchev–Trinajstić information content (AvgIpc) is 3.27. The third-order valence-electron chi connectivity index (χ3n) is 10.3. The minimum absolute atomic E-state index is 0.102. The van der Waals surface area contributed by atoms with Crippen molar-refractivity contribution in [1.29, 1.82) is 0 Å². The summed E-state index contributed by atoms with van der Waals surface area (Å²) in [7, 11) is 0. The Kier molecular flexibility index (Phi) is 47.0. The van der Waals surface area contributed by atoms with E-state index in [1.54, 1.807) is 0 Å². The Hall–Kier alpha value is -3.67. The highest BCUT2D eigenvalue weighted by Crippen LogP contribution is 2.14. The van der Waals surface area contributed by atoms with Crippen molar-refractivity contribution in [2.45, 2.75) is 226 Å². The van der Waals surface area contributed by atoms with Crippen molar-refractivity contribution in [3.8, 4) is 0 Å². The summed E-state index contributed by atoms with van der Waals surface area (Å²) >= 11 is 0. The molecule has 0 fully saturated rings. The minimum Gasteiger partial charge on any atom is -0.462 e. The molecule has 0 aliphatic heterocycles. The molecule has 0 N–H and O–H groups in total. The van der Waals surface area contributed by atoms with Gasteiger partial charge in [-0.15, -0.1) is 0 Å². The van der Waals surface area contributed by atoms with E-state index in [0.29, 0.717) is 19.3 Å². The molecule has 0 aliphatic carbocycles. The number of unbranched alkanes of at least 4 members (excludes halogenated alkanes) is 17. The number of ether oxygens (including phenoxy) is 3. The van der Waals surface area contributed by atoms with Crippen molar-refractivity contribution in [3.05, 3.63) is 97.2 Å². The van der Waals surface area contributed by atoms with Crippen molar-refractivity contribution in [3.63, 3.8) is 0 Å². The zero-order valence-corrected chi connectivity index (χ0v) is 40.1. The smallest absolute Gasteiger partial charge is 0.306 e. The zero-order chi connectivity index (χ0) is 45.1. The van der Waals surface area contributed by atoms with Gasteiger partial charge in [-0.25, -0.2) is 0 Å². The van der Waals surface area contributed by atoms with Gasteiger partial charge in [0, 0.05) is 19.3 Å². The standard InChI is InChI=1S/C56H92O6/c1-4-7-10-13-16-19-22-25-27-28-30-31-34-37-40-43-46-49-55(58)61-52-53(51-60-54(57)48-45-42-39-36-33-24-21-18-15-12-9-6-3)62-56(59)50-47-44-41-38-35-32-29-26-23-20-17-14-11-8-5-2/h7-8,10-11,16-17,19-20,25-27,29-31,35,38,53H,4-6,9,12-15,18,21-24,28,32-34,36-37,39-52H2,1-3H3/b10-7-,11-8-,19-16-,20-17-,27-25-,29-26-,31-30-,38-35-. The molecule has 0 rings (SSSR count). The number of carbonyl (C=O) groups is 3. The number of esters is 3. The van der Waals surface area contributed by atoms with E-state index >= 15 is 0 Å². The number of allylic oxidation sites excluding steroid dienone is 16. The van der Waals surface area contributed by atoms with Gasteiger partial charge in [-0.2, -0.15) is 0 Å². The summed E-state index contributed by atoms with van der Waals surface area (Å²) in [6, 6.07) is 0. The third kappa shape index (κ3) is 47.4. The predicted octanol–water partition coefficient (Wildman–Crippen LogP) is 16.6. The molecule has 0 saturated carbocycles. The normalized spacial score (nSPS) is 12.9. The molecule has 62 heavy (non-hydrogen) atoms. The lowest BCUT2D eigenvalue weighted by atomic mass is 10.0. The molecular formula is C56H92O6. The minimum atomic E-state index is -0.808. The number of hydrogen-bond donors (Lipinski definition) is 0. The van der Waals surface area contributed by atoms with E-state index in [0.717, 1.165) is 116 Å². The first kappa shape index (κ1) is 58.3. The van der Waals surface area contributed by atoms with Crippen molar-refractivity contribution >= 4 is 17.9 Å². The van der Waals surface area contributed by atoms with E-state index in [1.165, 1.54) is 57.8 Å². The maximum atomic E-state index is 12.8. The summed E-state index contributed by atoms with van der Waals surface area (Å²) in [6.07, 6.45) is 65.3. The van der Waals surface area contributed by atoms with Gasteiger partial charge in [-0.3, -0.25) is 14.4 Å². The molecule has 6 nitrogen and oxygen atoms in total. The summed E-state index contributed by atoms with van der Waals surface area (Å²) in [5, 5.41) is 0. The van der Waals surface area contributed by atoms with Gasteiger partial charge < -0.3 is 14.2 Å². The Morgan fingerprint density at radius 3 is 1.02 bits per heavy atom. The van der Waals surface area contributed by atoms with E-state index in [1.807, 2.05) is 0 Å². The molecule has 352 valence electrons. The number of carbonyl (C=O) groups excluding carboxylic acids is 3. The molecule has 0 aromatic carbocycles. The van der Waals surface area contributed by atoms with E-state index < -0.39 is 6.10 Å². The van der Waals surface area contributed by atoms with Crippen LogP contribution in [0.5, 0.6) is 0 Å². The molecule has 1 unspecified atom stereocenters. The molecule has 0 spiro atoms. The zero-order valence-electron chi connectivity index (χ0n) is 40.1. The molecule has 6 heteroatoms. The van der Waals surface area contributed by atoms with Gasteiger partial charge in [-0.1, -0.05) is 201 Å². The highest BCUT2D eigenvalue weighted by atomic mass is 16.6. The fourth-order valence-electron chi connectivity index (χ4n) is 6.60. The van der Waals surface area contributed by atoms with Crippen LogP contribution < -0.4 is 0 Å². The highest BCUT2D eigenvalue weighted by molar-refractivity contribution is 5.71. The van der Waals surface area contributed by atoms with Crippen molar-refractivity contribution in [1.82, 2.24) is 0 Å². The van der Waals surface area contributed by atoms with Gasteiger partial charge in [0.1, 0.15) is 13.2 Å². The molecule has 0 aromatic rings. The van der Waals surface area contributed by atoms with Gasteiger partial charge in [0.15, 0.2) is 6.10 Å². The topological polar surface area (TPSA) is 78.9 Å². The molecule has 0 bridgehead atoms.